The summed E-state index contributed by atoms with van der Waals surface area (Å²) in [6, 6.07) is 21.7. The SMILES string of the molecule is CCOC(=O)[C@H]1C[C@@H]1c1ccc(NCc2ccc3c(c2)-c2ccc(OCC4CCS(=O)(=O)CC4)cc2CCC3)cc1. The molecule has 1 aliphatic heterocycles. The van der Waals surface area contributed by atoms with Crippen molar-refractivity contribution in [1.29, 1.82) is 0 Å². The van der Waals surface area contributed by atoms with Gasteiger partial charge in [0.2, 0.25) is 0 Å². The number of aryl methyl sites for hydroxylation is 2. The molecule has 6 nitrogen and oxygen atoms in total. The van der Waals surface area contributed by atoms with Crippen LogP contribution in [0.3, 0.4) is 0 Å². The maximum Gasteiger partial charge on any atom is 0.309 e. The van der Waals surface area contributed by atoms with E-state index in [1.54, 1.807) is 0 Å². The zero-order chi connectivity index (χ0) is 28.4. The van der Waals surface area contributed by atoms with Crippen molar-refractivity contribution in [2.45, 2.75) is 57.9 Å². The van der Waals surface area contributed by atoms with Crippen molar-refractivity contribution in [3.8, 4) is 16.9 Å². The molecule has 0 spiro atoms. The highest BCUT2D eigenvalue weighted by molar-refractivity contribution is 7.91. The summed E-state index contributed by atoms with van der Waals surface area (Å²) >= 11 is 0. The van der Waals surface area contributed by atoms with Crippen molar-refractivity contribution in [3.05, 3.63) is 82.9 Å². The fraction of sp³-hybridized carbons (Fsp3) is 0.441. The molecule has 3 aromatic rings. The Kier molecular flexibility index (Phi) is 8.07. The third kappa shape index (κ3) is 6.61. The molecule has 3 aliphatic rings. The lowest BCUT2D eigenvalue weighted by molar-refractivity contribution is -0.144. The average Bonchev–Trinajstić information content (AvgIpc) is 3.80. The Balaban J connectivity index is 1.09. The van der Waals surface area contributed by atoms with Gasteiger partial charge in [-0.3, -0.25) is 4.79 Å². The van der Waals surface area contributed by atoms with E-state index in [9.17, 15) is 13.2 Å². The summed E-state index contributed by atoms with van der Waals surface area (Å²) in [6.45, 7) is 3.60. The number of ether oxygens (including phenoxy) is 2. The molecule has 1 saturated heterocycles. The molecule has 41 heavy (non-hydrogen) atoms. The van der Waals surface area contributed by atoms with Gasteiger partial charge in [0.25, 0.3) is 0 Å². The number of hydrogen-bond acceptors (Lipinski definition) is 6. The van der Waals surface area contributed by atoms with Gasteiger partial charge in [0.05, 0.1) is 30.6 Å². The summed E-state index contributed by atoms with van der Waals surface area (Å²) in [6.07, 6.45) is 5.44. The maximum atomic E-state index is 12.0. The molecular weight excluding hydrogens is 534 g/mol. The van der Waals surface area contributed by atoms with Crippen LogP contribution >= 0.6 is 0 Å². The third-order valence-corrected chi connectivity index (χ3v) is 10.5. The van der Waals surface area contributed by atoms with Crippen LogP contribution in [0.2, 0.25) is 0 Å². The number of hydrogen-bond donors (Lipinski definition) is 1. The Morgan fingerprint density at radius 2 is 1.71 bits per heavy atom. The Morgan fingerprint density at radius 1 is 0.927 bits per heavy atom. The molecule has 0 aromatic heterocycles. The second-order valence-corrected chi connectivity index (χ2v) is 14.1. The molecule has 2 aliphatic carbocycles. The highest BCUT2D eigenvalue weighted by Crippen LogP contribution is 2.48. The van der Waals surface area contributed by atoms with E-state index in [1.165, 1.54) is 33.4 Å². The number of rotatable bonds is 9. The number of benzene rings is 3. The highest BCUT2D eigenvalue weighted by atomic mass is 32.2. The minimum absolute atomic E-state index is 0.0110. The van der Waals surface area contributed by atoms with E-state index in [1.807, 2.05) is 6.92 Å². The molecule has 0 amide bonds. The lowest BCUT2D eigenvalue weighted by Crippen LogP contribution is -2.26. The number of fused-ring (bicyclic) bond motifs is 3. The van der Waals surface area contributed by atoms with Gasteiger partial charge in [-0.25, -0.2) is 8.42 Å². The topological polar surface area (TPSA) is 81.7 Å². The van der Waals surface area contributed by atoms with Crippen molar-refractivity contribution in [1.82, 2.24) is 0 Å². The standard InChI is InChI=1S/C34H39NO5S/c1-2-39-34(36)33-20-32(33)26-8-10-28(11-9-26)35-21-24-6-7-25-4-3-5-27-19-29(12-13-30(27)31(25)18-24)40-22-23-14-16-41(37,38)17-15-23/h6-13,18-19,23,32-33,35H,2-5,14-17,20-22H2,1H3/t32-,33+/m1/s1. The van der Waals surface area contributed by atoms with Crippen molar-refractivity contribution in [3.63, 3.8) is 0 Å². The summed E-state index contributed by atoms with van der Waals surface area (Å²) in [7, 11) is -2.85. The van der Waals surface area contributed by atoms with Crippen molar-refractivity contribution >= 4 is 21.5 Å². The smallest absolute Gasteiger partial charge is 0.309 e. The molecule has 0 unspecified atom stereocenters. The van der Waals surface area contributed by atoms with Crippen LogP contribution in [0, 0.1) is 11.8 Å². The van der Waals surface area contributed by atoms with Gasteiger partial charge in [-0.1, -0.05) is 30.3 Å². The van der Waals surface area contributed by atoms with Crippen LogP contribution in [0.15, 0.2) is 60.7 Å². The van der Waals surface area contributed by atoms with Crippen LogP contribution in [-0.2, 0) is 38.8 Å². The van der Waals surface area contributed by atoms with E-state index in [-0.39, 0.29) is 29.3 Å². The number of esters is 1. The molecule has 1 heterocycles. The monoisotopic (exact) mass is 573 g/mol. The van der Waals surface area contributed by atoms with Gasteiger partial charge in [-0.2, -0.15) is 0 Å². The van der Waals surface area contributed by atoms with E-state index in [0.717, 1.165) is 43.7 Å². The van der Waals surface area contributed by atoms with Gasteiger partial charge < -0.3 is 14.8 Å². The fourth-order valence-electron chi connectivity index (χ4n) is 6.25. The molecule has 1 N–H and O–H groups in total. The number of carbonyl (C=O) groups is 1. The zero-order valence-corrected chi connectivity index (χ0v) is 24.5. The average molecular weight is 574 g/mol. The number of carbonyl (C=O) groups excluding carboxylic acids is 1. The van der Waals surface area contributed by atoms with Crippen molar-refractivity contribution in [2.24, 2.45) is 11.8 Å². The van der Waals surface area contributed by atoms with Crippen molar-refractivity contribution in [2.75, 3.05) is 30.0 Å². The summed E-state index contributed by atoms with van der Waals surface area (Å²) in [5.74, 6) is 1.96. The Labute approximate surface area is 243 Å². The number of anilines is 1. The van der Waals surface area contributed by atoms with E-state index < -0.39 is 9.84 Å². The van der Waals surface area contributed by atoms with Gasteiger partial charge in [0, 0.05) is 12.2 Å². The third-order valence-electron chi connectivity index (χ3n) is 8.81. The Bertz CT molecular complexity index is 1500. The number of nitrogens with one attached hydrogen (secondary N) is 1. The summed E-state index contributed by atoms with van der Waals surface area (Å²) < 4.78 is 34.8. The van der Waals surface area contributed by atoms with Gasteiger partial charge in [-0.05, 0) is 121 Å². The van der Waals surface area contributed by atoms with E-state index in [4.69, 9.17) is 9.47 Å². The lowest BCUT2D eigenvalue weighted by Gasteiger charge is -2.22. The molecule has 1 saturated carbocycles. The predicted octanol–water partition coefficient (Wildman–Crippen LogP) is 6.32. The van der Waals surface area contributed by atoms with Gasteiger partial charge >= 0.3 is 5.97 Å². The minimum atomic E-state index is -2.85. The first-order valence-corrected chi connectivity index (χ1v) is 16.8. The first kappa shape index (κ1) is 27.8. The van der Waals surface area contributed by atoms with Crippen LogP contribution in [0.5, 0.6) is 5.75 Å². The minimum Gasteiger partial charge on any atom is -0.493 e. The van der Waals surface area contributed by atoms with E-state index in [2.05, 4.69) is 66.0 Å². The zero-order valence-electron chi connectivity index (χ0n) is 23.7. The Morgan fingerprint density at radius 3 is 2.49 bits per heavy atom. The maximum absolute atomic E-state index is 12.0. The molecule has 0 bridgehead atoms. The first-order valence-electron chi connectivity index (χ1n) is 15.0. The normalized spacial score (nSPS) is 21.2. The second kappa shape index (κ2) is 11.9. The van der Waals surface area contributed by atoms with Crippen LogP contribution in [0.25, 0.3) is 11.1 Å². The summed E-state index contributed by atoms with van der Waals surface area (Å²) in [4.78, 5) is 12.0. The second-order valence-electron chi connectivity index (χ2n) is 11.7. The quantitative estimate of drug-likeness (QED) is 0.302. The Hall–Kier alpha value is -3.32. The van der Waals surface area contributed by atoms with Gasteiger partial charge in [0.1, 0.15) is 15.6 Å². The van der Waals surface area contributed by atoms with E-state index in [0.29, 0.717) is 32.0 Å². The molecular formula is C34H39NO5S. The number of sulfone groups is 1. The molecule has 6 rings (SSSR count). The molecule has 216 valence electrons. The molecule has 3 aromatic carbocycles. The summed E-state index contributed by atoms with van der Waals surface area (Å²) in [5, 5.41) is 3.56. The molecule has 2 fully saturated rings. The van der Waals surface area contributed by atoms with Gasteiger partial charge in [-0.15, -0.1) is 0 Å². The van der Waals surface area contributed by atoms with Crippen LogP contribution in [-0.4, -0.2) is 39.1 Å². The summed E-state index contributed by atoms with van der Waals surface area (Å²) in [5.41, 5.74) is 8.78. The highest BCUT2D eigenvalue weighted by Gasteiger charge is 2.45. The van der Waals surface area contributed by atoms with Crippen LogP contribution in [0.1, 0.15) is 60.8 Å². The molecule has 2 atom stereocenters. The van der Waals surface area contributed by atoms with Crippen LogP contribution in [0.4, 0.5) is 5.69 Å². The molecule has 7 heteroatoms. The lowest BCUT2D eigenvalue weighted by atomic mass is 9.94. The van der Waals surface area contributed by atoms with Crippen LogP contribution < -0.4 is 10.1 Å². The largest absolute Gasteiger partial charge is 0.493 e. The molecule has 0 radical (unpaired) electrons. The fourth-order valence-corrected chi connectivity index (χ4v) is 7.84. The predicted molar refractivity (Wildman–Crippen MR) is 162 cm³/mol. The van der Waals surface area contributed by atoms with E-state index >= 15 is 0 Å². The first-order chi connectivity index (χ1) is 19.9. The van der Waals surface area contributed by atoms with Crippen molar-refractivity contribution < 1.29 is 22.7 Å². The van der Waals surface area contributed by atoms with Gasteiger partial charge in [0.15, 0.2) is 0 Å².